The summed E-state index contributed by atoms with van der Waals surface area (Å²) in [6.07, 6.45) is 0.402. The molecule has 0 fully saturated rings. The second-order valence-electron chi connectivity index (χ2n) is 5.16. The smallest absolute Gasteiger partial charge is 0.269 e. The summed E-state index contributed by atoms with van der Waals surface area (Å²) in [4.78, 5) is 23.4. The summed E-state index contributed by atoms with van der Waals surface area (Å²) >= 11 is 0. The third-order valence-corrected chi connectivity index (χ3v) is 3.34. The highest BCUT2D eigenvalue weighted by molar-refractivity contribution is 5.95. The van der Waals surface area contributed by atoms with Crippen LogP contribution in [0.25, 0.3) is 5.70 Å². The first-order valence-corrected chi connectivity index (χ1v) is 7.50. The van der Waals surface area contributed by atoms with E-state index in [9.17, 15) is 9.59 Å². The van der Waals surface area contributed by atoms with E-state index >= 15 is 0 Å². The average Bonchev–Trinajstić information content (AvgIpc) is 2.60. The Bertz CT molecular complexity index is 737. The Morgan fingerprint density at radius 3 is 2.12 bits per heavy atom. The molecule has 0 saturated carbocycles. The summed E-state index contributed by atoms with van der Waals surface area (Å²) in [7, 11) is 0. The van der Waals surface area contributed by atoms with E-state index in [1.54, 1.807) is 43.3 Å². The van der Waals surface area contributed by atoms with Crippen molar-refractivity contribution in [3.05, 3.63) is 66.2 Å². The van der Waals surface area contributed by atoms with E-state index in [4.69, 9.17) is 5.73 Å². The highest BCUT2D eigenvalue weighted by Gasteiger charge is 2.07. The molecule has 2 rings (SSSR count). The summed E-state index contributed by atoms with van der Waals surface area (Å²) in [5.41, 5.74) is 14.1. The van der Waals surface area contributed by atoms with Crippen molar-refractivity contribution in [1.29, 1.82) is 0 Å². The molecule has 5 N–H and O–H groups in total. The number of amides is 2. The second-order valence-corrected chi connectivity index (χ2v) is 5.16. The fourth-order valence-corrected chi connectivity index (χ4v) is 1.92. The number of anilines is 2. The Balaban J connectivity index is 1.91. The van der Waals surface area contributed by atoms with Gasteiger partial charge in [0.2, 0.25) is 5.91 Å². The highest BCUT2D eigenvalue weighted by atomic mass is 16.2. The number of nitrogen functional groups attached to an aromatic ring is 1. The summed E-state index contributed by atoms with van der Waals surface area (Å²) in [5.74, 6) is -0.381. The quantitative estimate of drug-likeness (QED) is 0.485. The van der Waals surface area contributed by atoms with Gasteiger partial charge in [0, 0.05) is 23.4 Å². The zero-order valence-corrected chi connectivity index (χ0v) is 13.4. The van der Waals surface area contributed by atoms with Gasteiger partial charge < -0.3 is 11.1 Å². The van der Waals surface area contributed by atoms with Gasteiger partial charge in [-0.2, -0.15) is 0 Å². The predicted molar refractivity (Wildman–Crippen MR) is 95.9 cm³/mol. The summed E-state index contributed by atoms with van der Waals surface area (Å²) in [5, 5.41) is 2.72. The van der Waals surface area contributed by atoms with Crippen molar-refractivity contribution < 1.29 is 9.59 Å². The number of nitrogens with two attached hydrogens (primary N) is 1. The van der Waals surface area contributed by atoms with Gasteiger partial charge in [0.25, 0.3) is 5.91 Å². The molecular formula is C18H20N4O2. The minimum atomic E-state index is -0.306. The van der Waals surface area contributed by atoms with Gasteiger partial charge in [0.15, 0.2) is 0 Å². The van der Waals surface area contributed by atoms with Gasteiger partial charge in [-0.15, -0.1) is 0 Å². The molecule has 2 aromatic rings. The molecule has 0 aliphatic rings. The number of hydrogen-bond acceptors (Lipinski definition) is 4. The van der Waals surface area contributed by atoms with E-state index < -0.39 is 0 Å². The fourth-order valence-electron chi connectivity index (χ4n) is 1.92. The van der Waals surface area contributed by atoms with E-state index in [2.05, 4.69) is 22.7 Å². The standard InChI is InChI=1S/C18H20N4O2/c1-3-17(23)20-16-10-6-14(7-11-16)18(24)22-21-12(2)13-4-8-15(19)9-5-13/h4-11,21H,2-3,19H2,1H3,(H,20,23)(H,22,24). The number of hydrazine groups is 1. The van der Waals surface area contributed by atoms with E-state index in [0.717, 1.165) is 5.56 Å². The van der Waals surface area contributed by atoms with Gasteiger partial charge in [-0.05, 0) is 42.0 Å². The van der Waals surface area contributed by atoms with E-state index in [-0.39, 0.29) is 11.8 Å². The molecule has 0 spiro atoms. The average molecular weight is 324 g/mol. The van der Waals surface area contributed by atoms with Crippen molar-refractivity contribution in [3.63, 3.8) is 0 Å². The van der Waals surface area contributed by atoms with Crippen LogP contribution < -0.4 is 21.9 Å². The molecule has 0 saturated heterocycles. The van der Waals surface area contributed by atoms with Gasteiger partial charge in [0.1, 0.15) is 0 Å². The molecule has 0 aliphatic heterocycles. The Morgan fingerprint density at radius 2 is 1.54 bits per heavy atom. The fraction of sp³-hybridized carbons (Fsp3) is 0.111. The van der Waals surface area contributed by atoms with Crippen LogP contribution in [0.4, 0.5) is 11.4 Å². The largest absolute Gasteiger partial charge is 0.399 e. The van der Waals surface area contributed by atoms with Crippen LogP contribution in [0.15, 0.2) is 55.1 Å². The van der Waals surface area contributed by atoms with Crippen molar-refractivity contribution in [2.24, 2.45) is 0 Å². The number of carbonyl (C=O) groups is 2. The third-order valence-electron chi connectivity index (χ3n) is 3.34. The van der Waals surface area contributed by atoms with Crippen molar-refractivity contribution >= 4 is 28.9 Å². The van der Waals surface area contributed by atoms with Crippen LogP contribution in [-0.2, 0) is 4.79 Å². The van der Waals surface area contributed by atoms with Crippen LogP contribution in [0, 0.1) is 0 Å². The number of rotatable bonds is 6. The van der Waals surface area contributed by atoms with Crippen LogP contribution in [0.3, 0.4) is 0 Å². The van der Waals surface area contributed by atoms with Crippen molar-refractivity contribution in [1.82, 2.24) is 10.9 Å². The molecule has 24 heavy (non-hydrogen) atoms. The SMILES string of the molecule is C=C(NNC(=O)c1ccc(NC(=O)CC)cc1)c1ccc(N)cc1. The number of hydrogen-bond donors (Lipinski definition) is 4. The lowest BCUT2D eigenvalue weighted by molar-refractivity contribution is -0.115. The summed E-state index contributed by atoms with van der Waals surface area (Å²) in [6, 6.07) is 13.8. The zero-order chi connectivity index (χ0) is 17.5. The molecule has 0 bridgehead atoms. The van der Waals surface area contributed by atoms with Gasteiger partial charge in [0.05, 0.1) is 5.70 Å². The lowest BCUT2D eigenvalue weighted by atomic mass is 10.1. The van der Waals surface area contributed by atoms with Crippen molar-refractivity contribution in [2.75, 3.05) is 11.1 Å². The van der Waals surface area contributed by atoms with E-state index in [1.165, 1.54) is 0 Å². The normalized spacial score (nSPS) is 9.88. The summed E-state index contributed by atoms with van der Waals surface area (Å²) in [6.45, 7) is 5.64. The predicted octanol–water partition coefficient (Wildman–Crippen LogP) is 2.52. The second kappa shape index (κ2) is 7.82. The molecule has 0 atom stereocenters. The molecule has 2 amide bonds. The van der Waals surface area contributed by atoms with E-state index in [0.29, 0.717) is 29.1 Å². The molecule has 0 aliphatic carbocycles. The third kappa shape index (κ3) is 4.61. The first-order valence-electron chi connectivity index (χ1n) is 7.50. The maximum Gasteiger partial charge on any atom is 0.269 e. The van der Waals surface area contributed by atoms with Gasteiger partial charge >= 0.3 is 0 Å². The van der Waals surface area contributed by atoms with Gasteiger partial charge in [-0.3, -0.25) is 20.4 Å². The zero-order valence-electron chi connectivity index (χ0n) is 13.4. The maximum absolute atomic E-state index is 12.1. The lowest BCUT2D eigenvalue weighted by Gasteiger charge is -2.12. The van der Waals surface area contributed by atoms with Crippen molar-refractivity contribution in [3.8, 4) is 0 Å². The van der Waals surface area contributed by atoms with E-state index in [1.807, 2.05) is 12.1 Å². The minimum absolute atomic E-state index is 0.0753. The van der Waals surface area contributed by atoms with Gasteiger partial charge in [-0.1, -0.05) is 25.6 Å². The molecule has 0 aromatic heterocycles. The molecule has 0 unspecified atom stereocenters. The molecule has 0 radical (unpaired) electrons. The summed E-state index contributed by atoms with van der Waals surface area (Å²) < 4.78 is 0. The van der Waals surface area contributed by atoms with Crippen molar-refractivity contribution in [2.45, 2.75) is 13.3 Å². The number of carbonyl (C=O) groups excluding carboxylic acids is 2. The molecule has 6 heteroatoms. The number of benzene rings is 2. The minimum Gasteiger partial charge on any atom is -0.399 e. The van der Waals surface area contributed by atoms with Crippen LogP contribution in [0.5, 0.6) is 0 Å². The molecule has 6 nitrogen and oxygen atoms in total. The Morgan fingerprint density at radius 1 is 0.958 bits per heavy atom. The monoisotopic (exact) mass is 324 g/mol. The Labute approximate surface area is 140 Å². The molecule has 0 heterocycles. The maximum atomic E-state index is 12.1. The molecular weight excluding hydrogens is 304 g/mol. The van der Waals surface area contributed by atoms with Crippen LogP contribution in [0.1, 0.15) is 29.3 Å². The lowest BCUT2D eigenvalue weighted by Crippen LogP contribution is -2.35. The topological polar surface area (TPSA) is 96.2 Å². The van der Waals surface area contributed by atoms with Crippen LogP contribution in [0.2, 0.25) is 0 Å². The molecule has 124 valence electrons. The number of nitrogens with one attached hydrogen (secondary N) is 3. The van der Waals surface area contributed by atoms with Gasteiger partial charge in [-0.25, -0.2) is 0 Å². The first kappa shape index (κ1) is 17.1. The Hall–Kier alpha value is -3.28. The molecule has 2 aromatic carbocycles. The highest BCUT2D eigenvalue weighted by Crippen LogP contribution is 2.12. The Kier molecular flexibility index (Phi) is 5.57. The van der Waals surface area contributed by atoms with Crippen LogP contribution in [-0.4, -0.2) is 11.8 Å². The first-order chi connectivity index (χ1) is 11.5. The van der Waals surface area contributed by atoms with Crippen LogP contribution >= 0.6 is 0 Å².